The van der Waals surface area contributed by atoms with Gasteiger partial charge in [-0.1, -0.05) is 23.7 Å². The normalized spacial score (nSPS) is 10.4. The van der Waals surface area contributed by atoms with Gasteiger partial charge < -0.3 is 15.5 Å². The van der Waals surface area contributed by atoms with Crippen LogP contribution in [0.2, 0.25) is 5.02 Å². The average Bonchev–Trinajstić information content (AvgIpc) is 2.71. The summed E-state index contributed by atoms with van der Waals surface area (Å²) >= 11 is 5.87. The van der Waals surface area contributed by atoms with Crippen molar-refractivity contribution >= 4 is 34.8 Å². The molecular formula is C22H23ClN4O. The summed E-state index contributed by atoms with van der Waals surface area (Å²) in [5, 5.41) is 6.28. The standard InChI is InChI=1S/C22H23ClN4O/c1-3-27(4-2)21-15-17(12-13-24-21)16-6-5-7-20(14-16)26-22(28)25-19-10-8-18(23)9-11-19/h5-15H,3-4H2,1-2H3,(H2,25,26,28). The average molecular weight is 395 g/mol. The molecule has 144 valence electrons. The molecule has 0 saturated heterocycles. The Bertz CT molecular complexity index is 939. The maximum Gasteiger partial charge on any atom is 0.323 e. The van der Waals surface area contributed by atoms with E-state index in [0.29, 0.717) is 16.4 Å². The van der Waals surface area contributed by atoms with Crippen LogP contribution in [0.5, 0.6) is 0 Å². The molecule has 3 aromatic rings. The Kier molecular flexibility index (Phi) is 6.50. The van der Waals surface area contributed by atoms with E-state index in [4.69, 9.17) is 11.6 Å². The number of nitrogens with one attached hydrogen (secondary N) is 2. The summed E-state index contributed by atoms with van der Waals surface area (Å²) in [6.45, 7) is 6.03. The molecule has 0 atom stereocenters. The maximum absolute atomic E-state index is 12.3. The Morgan fingerprint density at radius 1 is 0.929 bits per heavy atom. The number of benzene rings is 2. The number of carbonyl (C=O) groups is 1. The lowest BCUT2D eigenvalue weighted by molar-refractivity contribution is 0.262. The van der Waals surface area contributed by atoms with Crippen molar-refractivity contribution < 1.29 is 4.79 Å². The summed E-state index contributed by atoms with van der Waals surface area (Å²) in [6, 6.07) is 18.4. The van der Waals surface area contributed by atoms with Crippen LogP contribution in [0.4, 0.5) is 22.0 Å². The molecule has 1 heterocycles. The monoisotopic (exact) mass is 394 g/mol. The Morgan fingerprint density at radius 3 is 2.32 bits per heavy atom. The molecule has 0 unspecified atom stereocenters. The van der Waals surface area contributed by atoms with Gasteiger partial charge in [-0.05, 0) is 73.5 Å². The Hall–Kier alpha value is -3.05. The SMILES string of the molecule is CCN(CC)c1cc(-c2cccc(NC(=O)Nc3ccc(Cl)cc3)c2)ccn1. The number of hydrogen-bond acceptors (Lipinski definition) is 3. The van der Waals surface area contributed by atoms with Crippen LogP contribution in [0.3, 0.4) is 0 Å². The van der Waals surface area contributed by atoms with E-state index in [1.807, 2.05) is 36.5 Å². The number of nitrogens with zero attached hydrogens (tertiary/aromatic N) is 2. The fourth-order valence-corrected chi connectivity index (χ4v) is 3.05. The predicted molar refractivity (Wildman–Crippen MR) is 117 cm³/mol. The summed E-state index contributed by atoms with van der Waals surface area (Å²) in [5.74, 6) is 0.946. The van der Waals surface area contributed by atoms with Crippen molar-refractivity contribution in [2.24, 2.45) is 0 Å². The number of hydrogen-bond donors (Lipinski definition) is 2. The van der Waals surface area contributed by atoms with Gasteiger partial charge in [-0.25, -0.2) is 9.78 Å². The third-order valence-electron chi connectivity index (χ3n) is 4.39. The smallest absolute Gasteiger partial charge is 0.323 e. The van der Waals surface area contributed by atoms with Crippen molar-refractivity contribution in [2.75, 3.05) is 28.6 Å². The molecule has 5 nitrogen and oxygen atoms in total. The molecule has 6 heteroatoms. The quantitative estimate of drug-likeness (QED) is 0.547. The minimum absolute atomic E-state index is 0.307. The number of carbonyl (C=O) groups excluding carboxylic acids is 1. The van der Waals surface area contributed by atoms with Crippen LogP contribution in [0.15, 0.2) is 66.9 Å². The van der Waals surface area contributed by atoms with Crippen LogP contribution in [0.25, 0.3) is 11.1 Å². The number of pyridine rings is 1. The van der Waals surface area contributed by atoms with E-state index >= 15 is 0 Å². The van der Waals surface area contributed by atoms with E-state index in [1.54, 1.807) is 24.3 Å². The number of urea groups is 1. The van der Waals surface area contributed by atoms with Gasteiger partial charge in [-0.15, -0.1) is 0 Å². The second kappa shape index (κ2) is 9.24. The van der Waals surface area contributed by atoms with Gasteiger partial charge in [-0.3, -0.25) is 0 Å². The third-order valence-corrected chi connectivity index (χ3v) is 4.64. The van der Waals surface area contributed by atoms with Crippen LogP contribution in [-0.4, -0.2) is 24.1 Å². The molecule has 28 heavy (non-hydrogen) atoms. The number of rotatable bonds is 6. The molecule has 0 aliphatic carbocycles. The topological polar surface area (TPSA) is 57.3 Å². The minimum atomic E-state index is -0.307. The number of aromatic nitrogens is 1. The highest BCUT2D eigenvalue weighted by Gasteiger charge is 2.08. The van der Waals surface area contributed by atoms with Gasteiger partial charge >= 0.3 is 6.03 Å². The largest absolute Gasteiger partial charge is 0.357 e. The van der Waals surface area contributed by atoms with Crippen LogP contribution >= 0.6 is 11.6 Å². The zero-order valence-electron chi connectivity index (χ0n) is 15.9. The molecule has 0 saturated carbocycles. The molecule has 0 fully saturated rings. The lowest BCUT2D eigenvalue weighted by Crippen LogP contribution is -2.22. The van der Waals surface area contributed by atoms with Gasteiger partial charge in [0.1, 0.15) is 5.82 Å². The van der Waals surface area contributed by atoms with Crippen molar-refractivity contribution in [3.05, 3.63) is 71.9 Å². The first-order valence-electron chi connectivity index (χ1n) is 9.24. The van der Waals surface area contributed by atoms with E-state index < -0.39 is 0 Å². The molecule has 3 rings (SSSR count). The van der Waals surface area contributed by atoms with E-state index in [1.165, 1.54) is 0 Å². The van der Waals surface area contributed by atoms with Gasteiger partial charge in [0.15, 0.2) is 0 Å². The van der Waals surface area contributed by atoms with Gasteiger partial charge in [0, 0.05) is 35.7 Å². The highest BCUT2D eigenvalue weighted by molar-refractivity contribution is 6.30. The zero-order chi connectivity index (χ0) is 19.9. The second-order valence-corrected chi connectivity index (χ2v) is 6.68. The third kappa shape index (κ3) is 5.02. The second-order valence-electron chi connectivity index (χ2n) is 6.24. The lowest BCUT2D eigenvalue weighted by Gasteiger charge is -2.20. The summed E-state index contributed by atoms with van der Waals surface area (Å²) in [5.41, 5.74) is 3.46. The summed E-state index contributed by atoms with van der Waals surface area (Å²) in [4.78, 5) is 18.9. The van der Waals surface area contributed by atoms with Crippen LogP contribution < -0.4 is 15.5 Å². The molecule has 0 aliphatic heterocycles. The van der Waals surface area contributed by atoms with Crippen molar-refractivity contribution in [1.29, 1.82) is 0 Å². The molecule has 2 N–H and O–H groups in total. The fourth-order valence-electron chi connectivity index (χ4n) is 2.92. The Balaban J connectivity index is 1.74. The molecule has 0 aliphatic rings. The number of halogens is 1. The van der Waals surface area contributed by atoms with Crippen LogP contribution in [0.1, 0.15) is 13.8 Å². The van der Waals surface area contributed by atoms with Gasteiger partial charge in [0.2, 0.25) is 0 Å². The number of amides is 2. The van der Waals surface area contributed by atoms with Gasteiger partial charge in [-0.2, -0.15) is 0 Å². The first-order chi connectivity index (χ1) is 13.6. The summed E-state index contributed by atoms with van der Waals surface area (Å²) in [7, 11) is 0. The van der Waals surface area contributed by atoms with Gasteiger partial charge in [0.25, 0.3) is 0 Å². The predicted octanol–water partition coefficient (Wildman–Crippen LogP) is 5.89. The molecule has 0 radical (unpaired) electrons. The van der Waals surface area contributed by atoms with Crippen molar-refractivity contribution in [2.45, 2.75) is 13.8 Å². The Labute approximate surface area is 170 Å². The molecule has 0 bridgehead atoms. The summed E-state index contributed by atoms with van der Waals surface area (Å²) < 4.78 is 0. The molecule has 2 amide bonds. The first-order valence-corrected chi connectivity index (χ1v) is 9.62. The van der Waals surface area contributed by atoms with Crippen molar-refractivity contribution in [1.82, 2.24) is 4.98 Å². The lowest BCUT2D eigenvalue weighted by atomic mass is 10.1. The minimum Gasteiger partial charge on any atom is -0.357 e. The fraction of sp³-hybridized carbons (Fsp3) is 0.182. The molecule has 2 aromatic carbocycles. The van der Waals surface area contributed by atoms with E-state index in [9.17, 15) is 4.79 Å². The van der Waals surface area contributed by atoms with Crippen molar-refractivity contribution in [3.8, 4) is 11.1 Å². The van der Waals surface area contributed by atoms with E-state index in [-0.39, 0.29) is 6.03 Å². The zero-order valence-corrected chi connectivity index (χ0v) is 16.7. The molecule has 1 aromatic heterocycles. The van der Waals surface area contributed by atoms with E-state index in [2.05, 4.69) is 40.4 Å². The Morgan fingerprint density at radius 2 is 1.61 bits per heavy atom. The van der Waals surface area contributed by atoms with Crippen molar-refractivity contribution in [3.63, 3.8) is 0 Å². The molecular weight excluding hydrogens is 372 g/mol. The number of anilines is 3. The highest BCUT2D eigenvalue weighted by atomic mass is 35.5. The van der Waals surface area contributed by atoms with Gasteiger partial charge in [0.05, 0.1) is 0 Å². The molecule has 0 spiro atoms. The van der Waals surface area contributed by atoms with Crippen LogP contribution in [0, 0.1) is 0 Å². The van der Waals surface area contributed by atoms with Crippen LogP contribution in [-0.2, 0) is 0 Å². The first kappa shape index (κ1) is 19.7. The maximum atomic E-state index is 12.3. The highest BCUT2D eigenvalue weighted by Crippen LogP contribution is 2.25. The summed E-state index contributed by atoms with van der Waals surface area (Å²) in [6.07, 6.45) is 1.82. The van der Waals surface area contributed by atoms with E-state index in [0.717, 1.165) is 30.0 Å².